The van der Waals surface area contributed by atoms with Gasteiger partial charge in [-0.25, -0.2) is 8.42 Å². The number of anilines is 1. The molecule has 0 atom stereocenters. The monoisotopic (exact) mass is 506 g/mol. The maximum Gasteiger partial charge on any atom is 0.573 e. The lowest BCUT2D eigenvalue weighted by Crippen LogP contribution is -2.25. The summed E-state index contributed by atoms with van der Waals surface area (Å²) in [5.74, 6) is -0.910. The number of sulfonamides is 1. The molecule has 32 heavy (non-hydrogen) atoms. The molecule has 0 bridgehead atoms. The van der Waals surface area contributed by atoms with E-state index in [2.05, 4.69) is 25.0 Å². The van der Waals surface area contributed by atoms with E-state index in [1.165, 1.54) is 0 Å². The molecule has 0 unspecified atom stereocenters. The minimum Gasteiger partial charge on any atom is -0.406 e. The first-order chi connectivity index (χ1) is 15.0. The summed E-state index contributed by atoms with van der Waals surface area (Å²) in [5.41, 5.74) is 0.325. The molecule has 0 aliphatic carbocycles. The van der Waals surface area contributed by atoms with Gasteiger partial charge in [-0.05, 0) is 36.4 Å². The molecule has 3 rings (SSSR count). The van der Waals surface area contributed by atoms with Crippen LogP contribution in [0.25, 0.3) is 0 Å². The number of nitrogens with one attached hydrogen (secondary N) is 2. The molecule has 0 aliphatic rings. The van der Waals surface area contributed by atoms with E-state index in [4.69, 9.17) is 11.6 Å². The zero-order valence-electron chi connectivity index (χ0n) is 15.9. The number of hydrogen-bond acceptors (Lipinski definition) is 7. The highest BCUT2D eigenvalue weighted by Crippen LogP contribution is 2.25. The second-order valence-electron chi connectivity index (χ2n) is 6.11. The Morgan fingerprint density at radius 2 is 1.78 bits per heavy atom. The third-order valence-corrected chi connectivity index (χ3v) is 6.51. The van der Waals surface area contributed by atoms with E-state index in [-0.39, 0.29) is 22.5 Å². The Labute approximate surface area is 189 Å². The van der Waals surface area contributed by atoms with Crippen molar-refractivity contribution in [1.82, 2.24) is 15.5 Å². The van der Waals surface area contributed by atoms with E-state index in [0.717, 1.165) is 35.6 Å². The van der Waals surface area contributed by atoms with E-state index in [9.17, 15) is 26.4 Å². The molecule has 1 heterocycles. The van der Waals surface area contributed by atoms with Crippen LogP contribution in [0.3, 0.4) is 0 Å². The molecule has 1 amide bonds. The summed E-state index contributed by atoms with van der Waals surface area (Å²) >= 11 is 6.92. The Morgan fingerprint density at radius 3 is 2.44 bits per heavy atom. The Kier molecular flexibility index (Phi) is 7.21. The lowest BCUT2D eigenvalue weighted by Gasteiger charge is -2.09. The number of carbonyl (C=O) groups excluding carboxylic acids is 1. The molecule has 8 nitrogen and oxygen atoms in total. The summed E-state index contributed by atoms with van der Waals surface area (Å²) in [6.07, 6.45) is -4.59. The first-order valence-corrected chi connectivity index (χ1v) is 11.4. The molecule has 2 N–H and O–H groups in total. The average molecular weight is 507 g/mol. The normalized spacial score (nSPS) is 11.8. The average Bonchev–Trinajstić information content (AvgIpc) is 3.14. The van der Waals surface area contributed by atoms with Gasteiger partial charge in [0.2, 0.25) is 5.13 Å². The minimum atomic E-state index is -4.88. The van der Waals surface area contributed by atoms with Gasteiger partial charge in [0.15, 0.2) is 0 Å². The second-order valence-corrected chi connectivity index (χ2v) is 9.26. The molecule has 0 spiro atoms. The van der Waals surface area contributed by atoms with E-state index in [1.807, 2.05) is 0 Å². The van der Waals surface area contributed by atoms with E-state index in [0.29, 0.717) is 22.0 Å². The van der Waals surface area contributed by atoms with Crippen molar-refractivity contribution in [2.24, 2.45) is 0 Å². The molecule has 3 aromatic rings. The van der Waals surface area contributed by atoms with Gasteiger partial charge in [0, 0.05) is 13.0 Å². The van der Waals surface area contributed by atoms with Crippen molar-refractivity contribution in [3.63, 3.8) is 0 Å². The Morgan fingerprint density at radius 1 is 1.09 bits per heavy atom. The zero-order chi connectivity index (χ0) is 23.4. The number of ether oxygens (including phenoxy) is 1. The van der Waals surface area contributed by atoms with Crippen LogP contribution in [0.5, 0.6) is 5.75 Å². The quantitative estimate of drug-likeness (QED) is 0.480. The number of amides is 1. The molecule has 1 aromatic heterocycles. The summed E-state index contributed by atoms with van der Waals surface area (Å²) in [6, 6.07) is 10.3. The predicted octanol–water partition coefficient (Wildman–Crippen LogP) is 3.86. The van der Waals surface area contributed by atoms with Gasteiger partial charge in [-0.3, -0.25) is 9.52 Å². The summed E-state index contributed by atoms with van der Waals surface area (Å²) < 4.78 is 67.3. The third kappa shape index (κ3) is 6.55. The van der Waals surface area contributed by atoms with Crippen LogP contribution in [0.1, 0.15) is 15.4 Å². The summed E-state index contributed by atoms with van der Waals surface area (Å²) in [7, 11) is -4.10. The molecule has 0 saturated heterocycles. The highest BCUT2D eigenvalue weighted by atomic mass is 35.5. The second kappa shape index (κ2) is 9.71. The van der Waals surface area contributed by atoms with Crippen molar-refractivity contribution in [1.29, 1.82) is 0 Å². The van der Waals surface area contributed by atoms with E-state index >= 15 is 0 Å². The maximum absolute atomic E-state index is 12.4. The van der Waals surface area contributed by atoms with Crippen LogP contribution in [0.15, 0.2) is 53.4 Å². The van der Waals surface area contributed by atoms with Crippen LogP contribution in [0.2, 0.25) is 5.02 Å². The minimum absolute atomic E-state index is 0.0342. The fourth-order valence-corrected chi connectivity index (χ4v) is 4.60. The van der Waals surface area contributed by atoms with Gasteiger partial charge in [-0.1, -0.05) is 35.1 Å². The Bertz CT molecular complexity index is 1200. The van der Waals surface area contributed by atoms with Gasteiger partial charge in [0.25, 0.3) is 15.9 Å². The Hall–Kier alpha value is -2.90. The third-order valence-electron chi connectivity index (χ3n) is 3.80. The molecule has 0 aliphatic heterocycles. The molecular weight excluding hydrogens is 493 g/mol. The molecule has 14 heteroatoms. The largest absolute Gasteiger partial charge is 0.573 e. The van der Waals surface area contributed by atoms with Gasteiger partial charge in [-0.2, -0.15) is 0 Å². The van der Waals surface area contributed by atoms with Gasteiger partial charge in [0.1, 0.15) is 10.8 Å². The highest BCUT2D eigenvalue weighted by Gasteiger charge is 2.31. The topological polar surface area (TPSA) is 110 Å². The molecule has 0 saturated carbocycles. The summed E-state index contributed by atoms with van der Waals surface area (Å²) in [4.78, 5) is 11.8. The van der Waals surface area contributed by atoms with Crippen molar-refractivity contribution in [2.75, 3.05) is 11.3 Å². The summed E-state index contributed by atoms with van der Waals surface area (Å²) in [6.45, 7) is 0.214. The van der Waals surface area contributed by atoms with Gasteiger partial charge < -0.3 is 10.1 Å². The first kappa shape index (κ1) is 23.8. The van der Waals surface area contributed by atoms with Crippen molar-refractivity contribution in [2.45, 2.75) is 17.7 Å². The molecule has 170 valence electrons. The number of aromatic nitrogens is 2. The number of rotatable bonds is 8. The van der Waals surface area contributed by atoms with Crippen LogP contribution in [-0.4, -0.2) is 37.4 Å². The lowest BCUT2D eigenvalue weighted by molar-refractivity contribution is -0.274. The zero-order valence-corrected chi connectivity index (χ0v) is 18.3. The van der Waals surface area contributed by atoms with Gasteiger partial charge in [0.05, 0.1) is 15.5 Å². The number of hydrogen-bond donors (Lipinski definition) is 2. The fourth-order valence-electron chi connectivity index (χ4n) is 2.41. The fraction of sp³-hybridized carbons (Fsp3) is 0.167. The predicted molar refractivity (Wildman–Crippen MR) is 111 cm³/mol. The highest BCUT2D eigenvalue weighted by molar-refractivity contribution is 7.93. The number of carbonyl (C=O) groups is 1. The van der Waals surface area contributed by atoms with Crippen molar-refractivity contribution >= 4 is 44.0 Å². The van der Waals surface area contributed by atoms with Crippen molar-refractivity contribution < 1.29 is 31.1 Å². The smallest absolute Gasteiger partial charge is 0.406 e. The SMILES string of the molecule is O=C(NCCc1nnc(NS(=O)(=O)c2ccc(OC(F)(F)F)cc2)s1)c1ccccc1Cl. The molecule has 0 fully saturated rings. The number of alkyl halides is 3. The van der Waals surface area contributed by atoms with Crippen LogP contribution < -0.4 is 14.8 Å². The van der Waals surface area contributed by atoms with Crippen molar-refractivity contribution in [3.05, 3.63) is 64.1 Å². The molecule has 2 aromatic carbocycles. The van der Waals surface area contributed by atoms with Crippen LogP contribution in [0, 0.1) is 0 Å². The first-order valence-electron chi connectivity index (χ1n) is 8.77. The summed E-state index contributed by atoms with van der Waals surface area (Å²) in [5, 5.41) is 11.0. The van der Waals surface area contributed by atoms with E-state index < -0.39 is 22.1 Å². The van der Waals surface area contributed by atoms with Crippen molar-refractivity contribution in [3.8, 4) is 5.75 Å². The van der Waals surface area contributed by atoms with Crippen LogP contribution in [-0.2, 0) is 16.4 Å². The van der Waals surface area contributed by atoms with E-state index in [1.54, 1.807) is 24.3 Å². The number of nitrogens with zero attached hydrogens (tertiary/aromatic N) is 2. The molecule has 0 radical (unpaired) electrons. The van der Waals surface area contributed by atoms with Gasteiger partial charge in [-0.15, -0.1) is 23.4 Å². The number of halogens is 4. The molecular formula is C18H14ClF3N4O4S2. The number of benzene rings is 2. The standard InChI is InChI=1S/C18H14ClF3N4O4S2/c19-14-4-2-1-3-13(14)16(27)23-10-9-15-24-25-17(31-15)26-32(28,29)12-7-5-11(6-8-12)30-18(20,21)22/h1-8H,9-10H2,(H,23,27)(H,25,26). The maximum atomic E-state index is 12.4. The lowest BCUT2D eigenvalue weighted by atomic mass is 10.2. The Balaban J connectivity index is 1.56. The van der Waals surface area contributed by atoms with Crippen LogP contribution >= 0.6 is 22.9 Å². The van der Waals surface area contributed by atoms with Gasteiger partial charge >= 0.3 is 6.36 Å². The van der Waals surface area contributed by atoms with Crippen LogP contribution in [0.4, 0.5) is 18.3 Å².